The topological polar surface area (TPSA) is 47.0 Å². The molecule has 0 spiro atoms. The highest BCUT2D eigenvalue weighted by Crippen LogP contribution is 2.39. The van der Waals surface area contributed by atoms with Crippen molar-refractivity contribution in [3.63, 3.8) is 0 Å². The van der Waals surface area contributed by atoms with E-state index in [2.05, 4.69) is 22.2 Å². The molecule has 1 aliphatic carbocycles. The van der Waals surface area contributed by atoms with Gasteiger partial charge in [0.05, 0.1) is 6.10 Å². The van der Waals surface area contributed by atoms with E-state index in [0.717, 1.165) is 18.2 Å². The van der Waals surface area contributed by atoms with Gasteiger partial charge in [-0.25, -0.2) is 4.98 Å². The highest BCUT2D eigenvalue weighted by Gasteiger charge is 2.27. The van der Waals surface area contributed by atoms with Gasteiger partial charge in [-0.05, 0) is 33.6 Å². The molecule has 1 aromatic heterocycles. The molecule has 0 atom stereocenters. The van der Waals surface area contributed by atoms with Crippen molar-refractivity contribution in [2.75, 3.05) is 11.9 Å². The Hall–Kier alpha value is -1.32. The maximum absolute atomic E-state index is 5.63. The van der Waals surface area contributed by atoms with Crippen molar-refractivity contribution in [3.8, 4) is 5.88 Å². The van der Waals surface area contributed by atoms with Gasteiger partial charge in [-0.15, -0.1) is 0 Å². The zero-order valence-corrected chi connectivity index (χ0v) is 10.2. The first-order valence-corrected chi connectivity index (χ1v) is 5.98. The van der Waals surface area contributed by atoms with Gasteiger partial charge in [0, 0.05) is 18.5 Å². The molecule has 0 saturated heterocycles. The van der Waals surface area contributed by atoms with Gasteiger partial charge in [0.25, 0.3) is 0 Å². The first-order valence-electron chi connectivity index (χ1n) is 5.98. The third-order valence-corrected chi connectivity index (χ3v) is 2.38. The van der Waals surface area contributed by atoms with Crippen LogP contribution < -0.4 is 10.1 Å². The number of hydrogen-bond donors (Lipinski definition) is 1. The SMILES string of the molecule is CCNc1cc(OC(C)C)nc(C2CC2)n1. The third-order valence-electron chi connectivity index (χ3n) is 2.38. The largest absolute Gasteiger partial charge is 0.475 e. The Bertz CT molecular complexity index is 361. The molecule has 4 heteroatoms. The molecular weight excluding hydrogens is 202 g/mol. The summed E-state index contributed by atoms with van der Waals surface area (Å²) in [5.74, 6) is 3.03. The number of rotatable bonds is 5. The van der Waals surface area contributed by atoms with E-state index in [4.69, 9.17) is 4.74 Å². The summed E-state index contributed by atoms with van der Waals surface area (Å²) in [6.45, 7) is 6.93. The molecule has 0 aromatic carbocycles. The third kappa shape index (κ3) is 2.84. The van der Waals surface area contributed by atoms with Crippen molar-refractivity contribution in [2.45, 2.75) is 45.6 Å². The van der Waals surface area contributed by atoms with Gasteiger partial charge in [-0.3, -0.25) is 0 Å². The predicted octanol–water partition coefficient (Wildman–Crippen LogP) is 2.57. The second-order valence-corrected chi connectivity index (χ2v) is 4.42. The summed E-state index contributed by atoms with van der Waals surface area (Å²) in [5, 5.41) is 3.21. The minimum Gasteiger partial charge on any atom is -0.475 e. The van der Waals surface area contributed by atoms with E-state index < -0.39 is 0 Å². The second-order valence-electron chi connectivity index (χ2n) is 4.42. The molecule has 0 radical (unpaired) electrons. The summed E-state index contributed by atoms with van der Waals surface area (Å²) in [7, 11) is 0. The van der Waals surface area contributed by atoms with Gasteiger partial charge in [-0.2, -0.15) is 4.98 Å². The lowest BCUT2D eigenvalue weighted by Crippen LogP contribution is -2.10. The number of aromatic nitrogens is 2. The second kappa shape index (κ2) is 4.68. The van der Waals surface area contributed by atoms with E-state index in [1.165, 1.54) is 12.8 Å². The zero-order valence-electron chi connectivity index (χ0n) is 10.2. The molecule has 1 aliphatic rings. The normalized spacial score (nSPS) is 15.2. The van der Waals surface area contributed by atoms with Crippen LogP contribution in [0, 0.1) is 0 Å². The van der Waals surface area contributed by atoms with Crippen LogP contribution in [-0.2, 0) is 0 Å². The molecule has 1 fully saturated rings. The smallest absolute Gasteiger partial charge is 0.218 e. The molecule has 0 amide bonds. The monoisotopic (exact) mass is 221 g/mol. The Kier molecular flexibility index (Phi) is 3.27. The Morgan fingerprint density at radius 2 is 2.19 bits per heavy atom. The first kappa shape index (κ1) is 11.2. The van der Waals surface area contributed by atoms with Crippen molar-refractivity contribution in [3.05, 3.63) is 11.9 Å². The van der Waals surface area contributed by atoms with Crippen molar-refractivity contribution >= 4 is 5.82 Å². The Labute approximate surface area is 96.4 Å². The van der Waals surface area contributed by atoms with E-state index in [1.807, 2.05) is 19.9 Å². The van der Waals surface area contributed by atoms with E-state index in [1.54, 1.807) is 0 Å². The standard InChI is InChI=1S/C12H19N3O/c1-4-13-10-7-11(16-8(2)3)15-12(14-10)9-5-6-9/h7-9H,4-6H2,1-3H3,(H,13,14,15). The summed E-state index contributed by atoms with van der Waals surface area (Å²) in [6, 6.07) is 1.87. The molecule has 2 rings (SSSR count). The maximum atomic E-state index is 5.63. The van der Waals surface area contributed by atoms with Crippen molar-refractivity contribution in [1.29, 1.82) is 0 Å². The van der Waals surface area contributed by atoms with Crippen LogP contribution in [0.1, 0.15) is 45.4 Å². The maximum Gasteiger partial charge on any atom is 0.218 e. The van der Waals surface area contributed by atoms with Crippen LogP contribution >= 0.6 is 0 Å². The molecule has 1 N–H and O–H groups in total. The van der Waals surface area contributed by atoms with Crippen LogP contribution in [0.5, 0.6) is 5.88 Å². The summed E-state index contributed by atoms with van der Waals surface area (Å²) in [5.41, 5.74) is 0. The van der Waals surface area contributed by atoms with Crippen molar-refractivity contribution < 1.29 is 4.74 Å². The molecule has 1 aromatic rings. The van der Waals surface area contributed by atoms with E-state index in [9.17, 15) is 0 Å². The minimum absolute atomic E-state index is 0.149. The number of nitrogens with one attached hydrogen (secondary N) is 1. The van der Waals surface area contributed by atoms with E-state index >= 15 is 0 Å². The molecule has 16 heavy (non-hydrogen) atoms. The van der Waals surface area contributed by atoms with Crippen LogP contribution in [0.25, 0.3) is 0 Å². The number of anilines is 1. The lowest BCUT2D eigenvalue weighted by molar-refractivity contribution is 0.231. The fourth-order valence-corrected chi connectivity index (χ4v) is 1.54. The Morgan fingerprint density at radius 3 is 2.75 bits per heavy atom. The van der Waals surface area contributed by atoms with E-state index in [-0.39, 0.29) is 6.10 Å². The average Bonchev–Trinajstić information content (AvgIpc) is 2.99. The van der Waals surface area contributed by atoms with Crippen LogP contribution in [0.3, 0.4) is 0 Å². The van der Waals surface area contributed by atoms with Gasteiger partial charge in [0.2, 0.25) is 5.88 Å². The minimum atomic E-state index is 0.149. The van der Waals surface area contributed by atoms with Gasteiger partial charge < -0.3 is 10.1 Å². The lowest BCUT2D eigenvalue weighted by atomic mass is 10.4. The van der Waals surface area contributed by atoms with Gasteiger partial charge >= 0.3 is 0 Å². The Balaban J connectivity index is 2.21. The van der Waals surface area contributed by atoms with Crippen molar-refractivity contribution in [1.82, 2.24) is 9.97 Å². The molecule has 88 valence electrons. The average molecular weight is 221 g/mol. The van der Waals surface area contributed by atoms with Crippen molar-refractivity contribution in [2.24, 2.45) is 0 Å². The summed E-state index contributed by atoms with van der Waals surface area (Å²) in [4.78, 5) is 8.93. The molecule has 1 heterocycles. The molecule has 1 saturated carbocycles. The van der Waals surface area contributed by atoms with Gasteiger partial charge in [0.15, 0.2) is 0 Å². The van der Waals surface area contributed by atoms with E-state index in [0.29, 0.717) is 11.8 Å². The number of nitrogens with zero attached hydrogens (tertiary/aromatic N) is 2. The summed E-state index contributed by atoms with van der Waals surface area (Å²) < 4.78 is 5.63. The molecule has 4 nitrogen and oxygen atoms in total. The van der Waals surface area contributed by atoms with Gasteiger partial charge in [-0.1, -0.05) is 0 Å². The zero-order chi connectivity index (χ0) is 11.5. The van der Waals surface area contributed by atoms with Crippen LogP contribution in [0.4, 0.5) is 5.82 Å². The summed E-state index contributed by atoms with van der Waals surface area (Å²) >= 11 is 0. The fraction of sp³-hybridized carbons (Fsp3) is 0.667. The van der Waals surface area contributed by atoms with Crippen LogP contribution in [0.2, 0.25) is 0 Å². The van der Waals surface area contributed by atoms with Crippen LogP contribution in [0.15, 0.2) is 6.07 Å². The summed E-state index contributed by atoms with van der Waals surface area (Å²) in [6.07, 6.45) is 2.56. The van der Waals surface area contributed by atoms with Gasteiger partial charge in [0.1, 0.15) is 11.6 Å². The highest BCUT2D eigenvalue weighted by molar-refractivity contribution is 5.39. The number of hydrogen-bond acceptors (Lipinski definition) is 4. The molecule has 0 bridgehead atoms. The van der Waals surface area contributed by atoms with Crippen LogP contribution in [-0.4, -0.2) is 22.6 Å². The first-order chi connectivity index (χ1) is 7.69. The predicted molar refractivity (Wildman–Crippen MR) is 63.9 cm³/mol. The lowest BCUT2D eigenvalue weighted by Gasteiger charge is -2.11. The molecule has 0 unspecified atom stereocenters. The fourth-order valence-electron chi connectivity index (χ4n) is 1.54. The molecular formula is C12H19N3O. The molecule has 0 aliphatic heterocycles. The number of ether oxygens (including phenoxy) is 1. The highest BCUT2D eigenvalue weighted by atomic mass is 16.5. The quantitative estimate of drug-likeness (QED) is 0.830. The Morgan fingerprint density at radius 1 is 1.44 bits per heavy atom.